The van der Waals surface area contributed by atoms with Gasteiger partial charge < -0.3 is 15.4 Å². The molecule has 92 valence electrons. The number of methoxy groups -OCH3 is 1. The number of fused-ring (bicyclic) bond motifs is 1. The minimum atomic E-state index is -0.155. The molecule has 0 fully saturated rings. The SMILES string of the molecule is COCCCC1Nc2ccc(I)cc2NC1=O. The number of benzene rings is 1. The van der Waals surface area contributed by atoms with Crippen LogP contribution in [0.2, 0.25) is 0 Å². The van der Waals surface area contributed by atoms with Gasteiger partial charge in [0.25, 0.3) is 0 Å². The predicted octanol–water partition coefficient (Wildman–Crippen LogP) is 2.45. The molecule has 0 aliphatic carbocycles. The molecular weight excluding hydrogens is 331 g/mol. The van der Waals surface area contributed by atoms with E-state index in [-0.39, 0.29) is 11.9 Å². The Morgan fingerprint density at radius 1 is 1.41 bits per heavy atom. The van der Waals surface area contributed by atoms with Gasteiger partial charge in [-0.2, -0.15) is 0 Å². The molecule has 1 aromatic rings. The Balaban J connectivity index is 2.05. The van der Waals surface area contributed by atoms with Gasteiger partial charge in [0.15, 0.2) is 0 Å². The molecule has 17 heavy (non-hydrogen) atoms. The standard InChI is InChI=1S/C12H15IN2O2/c1-17-6-2-3-10-12(16)15-11-7-8(13)4-5-9(11)14-10/h4-5,7,10,14H,2-3,6H2,1H3,(H,15,16). The maximum Gasteiger partial charge on any atom is 0.246 e. The Kier molecular flexibility index (Phi) is 4.22. The van der Waals surface area contributed by atoms with Gasteiger partial charge in [0.1, 0.15) is 6.04 Å². The van der Waals surface area contributed by atoms with Crippen molar-refractivity contribution < 1.29 is 9.53 Å². The van der Waals surface area contributed by atoms with Gasteiger partial charge in [0.2, 0.25) is 5.91 Å². The van der Waals surface area contributed by atoms with E-state index in [1.54, 1.807) is 7.11 Å². The Morgan fingerprint density at radius 2 is 2.24 bits per heavy atom. The maximum absolute atomic E-state index is 11.8. The molecule has 1 heterocycles. The van der Waals surface area contributed by atoms with Crippen molar-refractivity contribution in [1.29, 1.82) is 0 Å². The third-order valence-corrected chi connectivity index (χ3v) is 3.40. The number of hydrogen-bond acceptors (Lipinski definition) is 3. The van der Waals surface area contributed by atoms with E-state index in [4.69, 9.17) is 4.74 Å². The molecule has 4 nitrogen and oxygen atoms in total. The van der Waals surface area contributed by atoms with Crippen molar-refractivity contribution in [1.82, 2.24) is 0 Å². The van der Waals surface area contributed by atoms with E-state index in [9.17, 15) is 4.79 Å². The second-order valence-electron chi connectivity index (χ2n) is 4.01. The lowest BCUT2D eigenvalue weighted by Gasteiger charge is -2.26. The van der Waals surface area contributed by atoms with Crippen LogP contribution in [0.5, 0.6) is 0 Å². The van der Waals surface area contributed by atoms with Crippen LogP contribution in [0, 0.1) is 3.57 Å². The van der Waals surface area contributed by atoms with Gasteiger partial charge in [-0.05, 0) is 53.6 Å². The minimum absolute atomic E-state index is 0.0376. The van der Waals surface area contributed by atoms with Crippen molar-refractivity contribution in [3.05, 3.63) is 21.8 Å². The van der Waals surface area contributed by atoms with Crippen LogP contribution in [-0.2, 0) is 9.53 Å². The van der Waals surface area contributed by atoms with Crippen molar-refractivity contribution in [3.63, 3.8) is 0 Å². The summed E-state index contributed by atoms with van der Waals surface area (Å²) >= 11 is 2.23. The molecular formula is C12H15IN2O2. The summed E-state index contributed by atoms with van der Waals surface area (Å²) in [6, 6.07) is 5.83. The van der Waals surface area contributed by atoms with Crippen molar-refractivity contribution in [2.24, 2.45) is 0 Å². The number of nitrogens with one attached hydrogen (secondary N) is 2. The van der Waals surface area contributed by atoms with Crippen LogP contribution in [0.4, 0.5) is 11.4 Å². The largest absolute Gasteiger partial charge is 0.385 e. The minimum Gasteiger partial charge on any atom is -0.385 e. The first-order chi connectivity index (χ1) is 8.20. The van der Waals surface area contributed by atoms with E-state index in [2.05, 4.69) is 33.2 Å². The van der Waals surface area contributed by atoms with Gasteiger partial charge >= 0.3 is 0 Å². The zero-order valence-corrected chi connectivity index (χ0v) is 11.8. The highest BCUT2D eigenvalue weighted by Gasteiger charge is 2.24. The first kappa shape index (κ1) is 12.6. The highest BCUT2D eigenvalue weighted by Crippen LogP contribution is 2.29. The number of halogens is 1. The number of carbonyl (C=O) groups is 1. The first-order valence-electron chi connectivity index (χ1n) is 5.56. The van der Waals surface area contributed by atoms with Gasteiger partial charge in [-0.3, -0.25) is 4.79 Å². The number of hydrogen-bond donors (Lipinski definition) is 2. The first-order valence-corrected chi connectivity index (χ1v) is 6.64. The summed E-state index contributed by atoms with van der Waals surface area (Å²) in [7, 11) is 1.67. The fourth-order valence-corrected chi connectivity index (χ4v) is 2.35. The van der Waals surface area contributed by atoms with Crippen molar-refractivity contribution in [2.45, 2.75) is 18.9 Å². The second-order valence-corrected chi connectivity index (χ2v) is 5.26. The smallest absolute Gasteiger partial charge is 0.246 e. The van der Waals surface area contributed by atoms with E-state index in [1.807, 2.05) is 18.2 Å². The van der Waals surface area contributed by atoms with Crippen LogP contribution >= 0.6 is 22.6 Å². The summed E-state index contributed by atoms with van der Waals surface area (Å²) in [5.74, 6) is 0.0376. The topological polar surface area (TPSA) is 50.4 Å². The molecule has 0 bridgehead atoms. The molecule has 1 aliphatic heterocycles. The second kappa shape index (κ2) is 5.68. The molecule has 1 amide bonds. The Labute approximate surface area is 114 Å². The van der Waals surface area contributed by atoms with E-state index in [0.29, 0.717) is 6.61 Å². The lowest BCUT2D eigenvalue weighted by atomic mass is 10.1. The Hall–Kier alpha value is -0.820. The maximum atomic E-state index is 11.8. The monoisotopic (exact) mass is 346 g/mol. The van der Waals surface area contributed by atoms with Gasteiger partial charge in [0.05, 0.1) is 11.4 Å². The molecule has 2 N–H and O–H groups in total. The van der Waals surface area contributed by atoms with Crippen LogP contribution in [0.25, 0.3) is 0 Å². The molecule has 0 spiro atoms. The Bertz CT molecular complexity index is 423. The normalized spacial score (nSPS) is 18.2. The number of anilines is 2. The lowest BCUT2D eigenvalue weighted by molar-refractivity contribution is -0.117. The van der Waals surface area contributed by atoms with Crippen LogP contribution in [0.15, 0.2) is 18.2 Å². The average molecular weight is 346 g/mol. The fourth-order valence-electron chi connectivity index (χ4n) is 1.85. The van der Waals surface area contributed by atoms with E-state index < -0.39 is 0 Å². The summed E-state index contributed by atoms with van der Waals surface area (Å²) in [6.45, 7) is 0.686. The zero-order chi connectivity index (χ0) is 12.3. The summed E-state index contributed by atoms with van der Waals surface area (Å²) in [5.41, 5.74) is 1.86. The average Bonchev–Trinajstić information content (AvgIpc) is 2.30. The quantitative estimate of drug-likeness (QED) is 0.651. The molecule has 1 atom stereocenters. The van der Waals surface area contributed by atoms with Crippen molar-refractivity contribution in [2.75, 3.05) is 24.4 Å². The molecule has 5 heteroatoms. The summed E-state index contributed by atoms with van der Waals surface area (Å²) in [5, 5.41) is 6.19. The summed E-state index contributed by atoms with van der Waals surface area (Å²) in [6.07, 6.45) is 1.66. The summed E-state index contributed by atoms with van der Waals surface area (Å²) in [4.78, 5) is 11.8. The van der Waals surface area contributed by atoms with Crippen molar-refractivity contribution in [3.8, 4) is 0 Å². The molecule has 0 saturated heterocycles. The van der Waals surface area contributed by atoms with Gasteiger partial charge in [-0.15, -0.1) is 0 Å². The Morgan fingerprint density at radius 3 is 3.00 bits per heavy atom. The number of amides is 1. The van der Waals surface area contributed by atoms with E-state index in [1.165, 1.54) is 0 Å². The highest BCUT2D eigenvalue weighted by molar-refractivity contribution is 14.1. The van der Waals surface area contributed by atoms with Crippen LogP contribution in [0.1, 0.15) is 12.8 Å². The molecule has 2 rings (SSSR count). The van der Waals surface area contributed by atoms with Crippen LogP contribution in [-0.4, -0.2) is 25.7 Å². The zero-order valence-electron chi connectivity index (χ0n) is 9.63. The third-order valence-electron chi connectivity index (χ3n) is 2.73. The van der Waals surface area contributed by atoms with Crippen LogP contribution < -0.4 is 10.6 Å². The van der Waals surface area contributed by atoms with Gasteiger partial charge in [0, 0.05) is 17.3 Å². The predicted molar refractivity (Wildman–Crippen MR) is 76.3 cm³/mol. The van der Waals surface area contributed by atoms with Crippen molar-refractivity contribution >= 4 is 39.9 Å². The molecule has 0 saturated carbocycles. The lowest BCUT2D eigenvalue weighted by Crippen LogP contribution is -2.38. The third kappa shape index (κ3) is 3.10. The molecule has 0 aromatic heterocycles. The van der Waals surface area contributed by atoms with Crippen LogP contribution in [0.3, 0.4) is 0 Å². The van der Waals surface area contributed by atoms with Gasteiger partial charge in [-0.25, -0.2) is 0 Å². The summed E-state index contributed by atoms with van der Waals surface area (Å²) < 4.78 is 6.11. The molecule has 0 radical (unpaired) electrons. The number of carbonyl (C=O) groups excluding carboxylic acids is 1. The number of rotatable bonds is 4. The molecule has 1 aliphatic rings. The molecule has 1 aromatic carbocycles. The fraction of sp³-hybridized carbons (Fsp3) is 0.417. The highest BCUT2D eigenvalue weighted by atomic mass is 127. The molecule has 1 unspecified atom stereocenters. The van der Waals surface area contributed by atoms with E-state index in [0.717, 1.165) is 27.8 Å². The van der Waals surface area contributed by atoms with Gasteiger partial charge in [-0.1, -0.05) is 0 Å². The van der Waals surface area contributed by atoms with E-state index >= 15 is 0 Å². The number of ether oxygens (including phenoxy) is 1.